The molecular formula is C23H28Cl2N2O2. The summed E-state index contributed by atoms with van der Waals surface area (Å²) in [6.45, 7) is 9.52. The van der Waals surface area contributed by atoms with E-state index in [-0.39, 0.29) is 6.42 Å². The number of benzene rings is 2. The summed E-state index contributed by atoms with van der Waals surface area (Å²) in [7, 11) is 0. The lowest BCUT2D eigenvalue weighted by atomic mass is 9.78. The normalized spacial score (nSPS) is 13.0. The van der Waals surface area contributed by atoms with Crippen LogP contribution in [0.4, 0.5) is 5.69 Å². The molecule has 0 bridgehead atoms. The van der Waals surface area contributed by atoms with Crippen LogP contribution in [-0.2, 0) is 11.3 Å². The van der Waals surface area contributed by atoms with Crippen molar-refractivity contribution in [3.05, 3.63) is 75.8 Å². The molecule has 0 aliphatic rings. The molecule has 1 atom stereocenters. The molecule has 4 nitrogen and oxygen atoms in total. The smallest absolute Gasteiger partial charge is 0.304 e. The number of aliphatic carboxylic acids is 1. The van der Waals surface area contributed by atoms with E-state index in [0.717, 1.165) is 16.8 Å². The zero-order valence-electron chi connectivity index (χ0n) is 16.9. The van der Waals surface area contributed by atoms with Gasteiger partial charge in [-0.15, -0.1) is 6.58 Å². The molecule has 0 saturated carbocycles. The third-order valence-electron chi connectivity index (χ3n) is 4.75. The molecule has 0 radical (unpaired) electrons. The van der Waals surface area contributed by atoms with Crippen molar-refractivity contribution in [2.75, 3.05) is 18.4 Å². The molecule has 0 aliphatic heterocycles. The Bertz CT molecular complexity index is 834. The summed E-state index contributed by atoms with van der Waals surface area (Å²) in [6, 6.07) is 13.4. The van der Waals surface area contributed by atoms with Crippen molar-refractivity contribution >= 4 is 34.9 Å². The van der Waals surface area contributed by atoms with Gasteiger partial charge >= 0.3 is 5.97 Å². The lowest BCUT2D eigenvalue weighted by molar-refractivity contribution is -0.139. The molecule has 1 unspecified atom stereocenters. The monoisotopic (exact) mass is 434 g/mol. The van der Waals surface area contributed by atoms with Crippen LogP contribution in [-0.4, -0.2) is 24.2 Å². The Hall–Kier alpha value is -2.01. The number of hydrogen-bond donors (Lipinski definition) is 3. The Morgan fingerprint density at radius 2 is 1.79 bits per heavy atom. The van der Waals surface area contributed by atoms with Gasteiger partial charge < -0.3 is 15.7 Å². The van der Waals surface area contributed by atoms with Gasteiger partial charge in [-0.1, -0.05) is 52.5 Å². The van der Waals surface area contributed by atoms with E-state index in [1.165, 1.54) is 5.56 Å². The molecule has 0 amide bonds. The highest BCUT2D eigenvalue weighted by Gasteiger charge is 2.32. The molecule has 0 aliphatic carbocycles. The minimum Gasteiger partial charge on any atom is -0.481 e. The van der Waals surface area contributed by atoms with Crippen molar-refractivity contribution < 1.29 is 9.90 Å². The number of aryl methyl sites for hydroxylation is 1. The van der Waals surface area contributed by atoms with Gasteiger partial charge in [-0.3, -0.25) is 4.79 Å². The first kappa shape index (κ1) is 23.3. The van der Waals surface area contributed by atoms with E-state index in [2.05, 4.69) is 17.2 Å². The maximum absolute atomic E-state index is 11.7. The van der Waals surface area contributed by atoms with Crippen molar-refractivity contribution in [1.82, 2.24) is 5.32 Å². The van der Waals surface area contributed by atoms with Crippen molar-refractivity contribution in [3.63, 3.8) is 0 Å². The average molecular weight is 435 g/mol. The maximum Gasteiger partial charge on any atom is 0.304 e. The first-order valence-corrected chi connectivity index (χ1v) is 10.3. The lowest BCUT2D eigenvalue weighted by Gasteiger charge is -2.34. The van der Waals surface area contributed by atoms with Crippen LogP contribution in [0.15, 0.2) is 54.6 Å². The quantitative estimate of drug-likeness (QED) is 0.383. The average Bonchev–Trinajstić information content (AvgIpc) is 2.62. The number of carboxylic acids is 1. The molecule has 3 N–H and O–H groups in total. The third-order valence-corrected chi connectivity index (χ3v) is 5.34. The molecule has 0 aromatic heterocycles. The Morgan fingerprint density at radius 1 is 1.10 bits per heavy atom. The summed E-state index contributed by atoms with van der Waals surface area (Å²) >= 11 is 12.2. The number of carbonyl (C=O) groups is 1. The van der Waals surface area contributed by atoms with Gasteiger partial charge in [0.25, 0.3) is 0 Å². The van der Waals surface area contributed by atoms with E-state index in [4.69, 9.17) is 23.2 Å². The predicted octanol–water partition coefficient (Wildman–Crippen LogP) is 5.93. The van der Waals surface area contributed by atoms with Gasteiger partial charge in [-0.2, -0.15) is 0 Å². The van der Waals surface area contributed by atoms with Gasteiger partial charge in [0.05, 0.1) is 6.42 Å². The van der Waals surface area contributed by atoms with Gasteiger partial charge in [0, 0.05) is 40.8 Å². The minimum absolute atomic E-state index is 0.0278. The fraction of sp³-hybridized carbons (Fsp3) is 0.348. The number of allylic oxidation sites excluding steroid dienone is 1. The number of rotatable bonds is 11. The van der Waals surface area contributed by atoms with Gasteiger partial charge in [0.2, 0.25) is 0 Å². The van der Waals surface area contributed by atoms with Crippen LogP contribution >= 0.6 is 23.2 Å². The zero-order chi connectivity index (χ0) is 21.4. The highest BCUT2D eigenvalue weighted by molar-refractivity contribution is 6.35. The topological polar surface area (TPSA) is 61.4 Å². The molecule has 2 aromatic rings. The van der Waals surface area contributed by atoms with Crippen LogP contribution in [0.5, 0.6) is 0 Å². The number of hydrogen-bond acceptors (Lipinski definition) is 3. The summed E-state index contributed by atoms with van der Waals surface area (Å²) in [6.07, 6.45) is 0.625. The number of halogens is 2. The standard InChI is InChI=1S/C23H28Cl2N2O2/c1-16(2)11-23(12-22(28)29,15-27-20-8-4-17(3)5-9-20)14-26-13-18-6-7-19(24)10-21(18)25/h4-10,26-27H,1,11-15H2,2-3H3,(H,28,29). The lowest BCUT2D eigenvalue weighted by Crippen LogP contribution is -2.41. The van der Waals surface area contributed by atoms with E-state index in [1.54, 1.807) is 12.1 Å². The maximum atomic E-state index is 11.7. The Balaban J connectivity index is 2.13. The molecule has 156 valence electrons. The molecule has 2 aromatic carbocycles. The van der Waals surface area contributed by atoms with Crippen molar-refractivity contribution in [2.24, 2.45) is 5.41 Å². The fourth-order valence-corrected chi connectivity index (χ4v) is 3.90. The number of anilines is 1. The van der Waals surface area contributed by atoms with E-state index in [0.29, 0.717) is 36.1 Å². The summed E-state index contributed by atoms with van der Waals surface area (Å²) < 4.78 is 0. The predicted molar refractivity (Wildman–Crippen MR) is 122 cm³/mol. The first-order chi connectivity index (χ1) is 13.7. The third kappa shape index (κ3) is 7.73. The zero-order valence-corrected chi connectivity index (χ0v) is 18.4. The summed E-state index contributed by atoms with van der Waals surface area (Å²) in [5.74, 6) is -0.830. The second-order valence-electron chi connectivity index (χ2n) is 7.76. The SMILES string of the molecule is C=C(C)CC(CNCc1ccc(Cl)cc1Cl)(CNc1ccc(C)cc1)CC(=O)O. The molecule has 6 heteroatoms. The number of nitrogens with one attached hydrogen (secondary N) is 2. The Labute approximate surface area is 182 Å². The van der Waals surface area contributed by atoms with Gasteiger partial charge in [0.1, 0.15) is 0 Å². The van der Waals surface area contributed by atoms with Crippen molar-refractivity contribution in [1.29, 1.82) is 0 Å². The van der Waals surface area contributed by atoms with Crippen LogP contribution in [0.25, 0.3) is 0 Å². The molecule has 0 spiro atoms. The fourth-order valence-electron chi connectivity index (χ4n) is 3.42. The van der Waals surface area contributed by atoms with Crippen LogP contribution < -0.4 is 10.6 Å². The van der Waals surface area contributed by atoms with Crippen LogP contribution in [0.1, 0.15) is 30.9 Å². The molecule has 29 heavy (non-hydrogen) atoms. The molecule has 0 saturated heterocycles. The van der Waals surface area contributed by atoms with Gasteiger partial charge in [0.15, 0.2) is 0 Å². The van der Waals surface area contributed by atoms with Crippen LogP contribution in [0, 0.1) is 12.3 Å². The van der Waals surface area contributed by atoms with Gasteiger partial charge in [-0.05, 0) is 50.1 Å². The summed E-state index contributed by atoms with van der Waals surface area (Å²) in [4.78, 5) is 11.7. The minimum atomic E-state index is -0.830. The van der Waals surface area contributed by atoms with E-state index in [9.17, 15) is 9.90 Å². The van der Waals surface area contributed by atoms with E-state index >= 15 is 0 Å². The Kier molecular flexibility index (Phi) is 8.57. The summed E-state index contributed by atoms with van der Waals surface area (Å²) in [5, 5.41) is 17.5. The summed E-state index contributed by atoms with van der Waals surface area (Å²) in [5.41, 5.74) is 3.48. The van der Waals surface area contributed by atoms with Crippen LogP contribution in [0.2, 0.25) is 10.0 Å². The van der Waals surface area contributed by atoms with Crippen LogP contribution in [0.3, 0.4) is 0 Å². The second-order valence-corrected chi connectivity index (χ2v) is 8.61. The highest BCUT2D eigenvalue weighted by atomic mass is 35.5. The van der Waals surface area contributed by atoms with Crippen molar-refractivity contribution in [3.8, 4) is 0 Å². The first-order valence-electron chi connectivity index (χ1n) is 9.50. The molecule has 2 rings (SSSR count). The molecule has 0 heterocycles. The Morgan fingerprint density at radius 3 is 2.38 bits per heavy atom. The second kappa shape index (κ2) is 10.7. The largest absolute Gasteiger partial charge is 0.481 e. The van der Waals surface area contributed by atoms with Crippen molar-refractivity contribution in [2.45, 2.75) is 33.2 Å². The highest BCUT2D eigenvalue weighted by Crippen LogP contribution is 2.31. The molecular weight excluding hydrogens is 407 g/mol. The van der Waals surface area contributed by atoms with Gasteiger partial charge in [-0.25, -0.2) is 0 Å². The van der Waals surface area contributed by atoms with E-state index in [1.807, 2.05) is 44.2 Å². The molecule has 0 fully saturated rings. The number of carboxylic acid groups (broad SMARTS) is 1. The van der Waals surface area contributed by atoms with E-state index < -0.39 is 11.4 Å².